The third-order valence-electron chi connectivity index (χ3n) is 8.50. The van der Waals surface area contributed by atoms with Crippen molar-refractivity contribution < 1.29 is 9.13 Å². The Morgan fingerprint density at radius 2 is 1.32 bits per heavy atom. The predicted octanol–water partition coefficient (Wildman–Crippen LogP) is 8.92. The van der Waals surface area contributed by atoms with Gasteiger partial charge in [0, 0.05) is 5.54 Å². The van der Waals surface area contributed by atoms with Crippen LogP contribution in [0.3, 0.4) is 0 Å². The zero-order chi connectivity index (χ0) is 21.6. The highest BCUT2D eigenvalue weighted by Gasteiger charge is 2.34. The van der Waals surface area contributed by atoms with Gasteiger partial charge in [0.1, 0.15) is 5.82 Å². The number of benzene rings is 1. The van der Waals surface area contributed by atoms with E-state index in [1.165, 1.54) is 70.3 Å². The van der Waals surface area contributed by atoms with Gasteiger partial charge in [0.05, 0.1) is 17.7 Å². The molecule has 0 unspecified atom stereocenters. The van der Waals surface area contributed by atoms with Gasteiger partial charge in [-0.1, -0.05) is 35.3 Å². The van der Waals surface area contributed by atoms with Gasteiger partial charge in [-0.2, -0.15) is 0 Å². The van der Waals surface area contributed by atoms with Gasteiger partial charge in [-0.05, 0) is 124 Å². The fraction of sp³-hybridized carbons (Fsp3) is 0.704. The van der Waals surface area contributed by atoms with Crippen LogP contribution in [0.4, 0.5) is 4.39 Å². The van der Waals surface area contributed by atoms with Gasteiger partial charge in [0.25, 0.3) is 0 Å². The van der Waals surface area contributed by atoms with E-state index in [1.54, 1.807) is 11.6 Å². The smallest absolute Gasteiger partial charge is 0.142 e. The molecule has 0 N–H and O–H groups in total. The summed E-state index contributed by atoms with van der Waals surface area (Å²) in [6, 6.07) is 4.97. The molecule has 3 aliphatic carbocycles. The Morgan fingerprint density at radius 3 is 1.84 bits per heavy atom. The van der Waals surface area contributed by atoms with Crippen molar-refractivity contribution in [3.63, 3.8) is 0 Å². The molecule has 3 fully saturated rings. The van der Waals surface area contributed by atoms with Crippen LogP contribution in [0.1, 0.15) is 82.6 Å². The van der Waals surface area contributed by atoms with E-state index in [9.17, 15) is 4.39 Å². The Morgan fingerprint density at radius 1 is 0.806 bits per heavy atom. The number of rotatable bonds is 6. The topological polar surface area (TPSA) is 9.23 Å². The molecular weight excluding hydrogens is 430 g/mol. The highest BCUT2D eigenvalue weighted by atomic mass is 35.5. The molecule has 172 valence electrons. The van der Waals surface area contributed by atoms with Crippen molar-refractivity contribution in [2.24, 2.45) is 29.6 Å². The van der Waals surface area contributed by atoms with E-state index in [1.807, 2.05) is 6.07 Å². The normalized spacial score (nSPS) is 34.8. The quantitative estimate of drug-likeness (QED) is 0.406. The van der Waals surface area contributed by atoms with Crippen LogP contribution >= 0.6 is 23.2 Å². The zero-order valence-corrected chi connectivity index (χ0v) is 20.1. The largest absolute Gasteiger partial charge is 0.374 e. The first kappa shape index (κ1) is 23.6. The van der Waals surface area contributed by atoms with Crippen LogP contribution in [-0.2, 0) is 11.3 Å². The molecule has 3 saturated carbocycles. The molecule has 4 rings (SSSR count). The lowest BCUT2D eigenvalue weighted by Gasteiger charge is -2.41. The van der Waals surface area contributed by atoms with Crippen LogP contribution in [0, 0.1) is 35.4 Å². The number of allylic oxidation sites excluding steroid dienone is 1. The molecule has 0 aliphatic heterocycles. The van der Waals surface area contributed by atoms with Crippen LogP contribution < -0.4 is 0 Å². The van der Waals surface area contributed by atoms with E-state index in [2.05, 4.69) is 6.08 Å². The first-order chi connectivity index (χ1) is 15.1. The lowest BCUT2D eigenvalue weighted by molar-refractivity contribution is -0.00409. The molecule has 1 aromatic rings. The summed E-state index contributed by atoms with van der Waals surface area (Å²) in [4.78, 5) is 0. The summed E-state index contributed by atoms with van der Waals surface area (Å²) in [7, 11) is 0. The maximum Gasteiger partial charge on any atom is 0.142 e. The fourth-order valence-electron chi connectivity index (χ4n) is 6.57. The van der Waals surface area contributed by atoms with Gasteiger partial charge in [-0.15, -0.1) is 0 Å². The minimum atomic E-state index is -0.359. The fourth-order valence-corrected chi connectivity index (χ4v) is 6.89. The average Bonchev–Trinajstić information content (AvgIpc) is 2.81. The minimum Gasteiger partial charge on any atom is -0.374 e. The van der Waals surface area contributed by atoms with Gasteiger partial charge in [0.15, 0.2) is 0 Å². The molecule has 0 bridgehead atoms. The van der Waals surface area contributed by atoms with Crippen molar-refractivity contribution in [2.45, 2.75) is 89.8 Å². The SMILES string of the molecule is Fc1cc(COC2CCC(C3CCC(C4CCC(C=CCl)CC4)CC3)CC2)ccc1Cl. The third-order valence-corrected chi connectivity index (χ3v) is 8.95. The molecular formula is C27H37Cl2FO. The molecule has 1 nitrogen and oxygen atoms in total. The van der Waals surface area contributed by atoms with E-state index in [0.717, 1.165) is 48.0 Å². The molecule has 31 heavy (non-hydrogen) atoms. The van der Waals surface area contributed by atoms with Crippen molar-refractivity contribution in [3.05, 3.63) is 46.2 Å². The second-order valence-corrected chi connectivity index (χ2v) is 10.9. The van der Waals surface area contributed by atoms with Gasteiger partial charge < -0.3 is 4.74 Å². The van der Waals surface area contributed by atoms with Gasteiger partial charge >= 0.3 is 0 Å². The summed E-state index contributed by atoms with van der Waals surface area (Å²) in [6.45, 7) is 0.484. The Hall–Kier alpha value is -0.570. The molecule has 1 aromatic carbocycles. The number of hydrogen-bond acceptors (Lipinski definition) is 1. The molecule has 0 saturated heterocycles. The summed E-state index contributed by atoms with van der Waals surface area (Å²) >= 11 is 11.5. The maximum absolute atomic E-state index is 13.6. The predicted molar refractivity (Wildman–Crippen MR) is 128 cm³/mol. The van der Waals surface area contributed by atoms with E-state index in [-0.39, 0.29) is 10.8 Å². The van der Waals surface area contributed by atoms with E-state index in [4.69, 9.17) is 27.9 Å². The van der Waals surface area contributed by atoms with Gasteiger partial charge in [-0.25, -0.2) is 4.39 Å². The first-order valence-electron chi connectivity index (χ1n) is 12.4. The molecule has 0 radical (unpaired) electrons. The van der Waals surface area contributed by atoms with Crippen LogP contribution in [0.2, 0.25) is 5.02 Å². The molecule has 4 heteroatoms. The van der Waals surface area contributed by atoms with E-state index < -0.39 is 0 Å². The van der Waals surface area contributed by atoms with E-state index >= 15 is 0 Å². The highest BCUT2D eigenvalue weighted by Crippen LogP contribution is 2.45. The molecule has 0 aromatic heterocycles. The lowest BCUT2D eigenvalue weighted by atomic mass is 9.65. The van der Waals surface area contributed by atoms with Crippen LogP contribution in [0.25, 0.3) is 0 Å². The third kappa shape index (κ3) is 6.49. The Labute approximate surface area is 197 Å². The van der Waals surface area contributed by atoms with Gasteiger partial charge in [0.2, 0.25) is 0 Å². The van der Waals surface area contributed by atoms with Crippen LogP contribution in [0.15, 0.2) is 29.8 Å². The molecule has 0 spiro atoms. The summed E-state index contributed by atoms with van der Waals surface area (Å²) < 4.78 is 19.7. The molecule has 0 atom stereocenters. The van der Waals surface area contributed by atoms with Gasteiger partial charge in [-0.3, -0.25) is 0 Å². The lowest BCUT2D eigenvalue weighted by Crippen LogP contribution is -2.31. The number of ether oxygens (including phenoxy) is 1. The Balaban J connectivity index is 1.15. The first-order valence-corrected chi connectivity index (χ1v) is 13.3. The summed E-state index contributed by atoms with van der Waals surface area (Å²) in [5.74, 6) is 4.11. The molecule has 3 aliphatic rings. The highest BCUT2D eigenvalue weighted by molar-refractivity contribution is 6.30. The van der Waals surface area contributed by atoms with Crippen LogP contribution in [-0.4, -0.2) is 6.10 Å². The summed E-state index contributed by atoms with van der Waals surface area (Å²) in [6.07, 6.45) is 18.7. The minimum absolute atomic E-state index is 0.176. The summed E-state index contributed by atoms with van der Waals surface area (Å²) in [5.41, 5.74) is 2.59. The van der Waals surface area contributed by atoms with Crippen molar-refractivity contribution in [2.75, 3.05) is 0 Å². The van der Waals surface area contributed by atoms with Crippen molar-refractivity contribution in [1.82, 2.24) is 0 Å². The second kappa shape index (κ2) is 11.5. The molecule has 0 heterocycles. The zero-order valence-electron chi connectivity index (χ0n) is 18.6. The van der Waals surface area contributed by atoms with Crippen LogP contribution in [0.5, 0.6) is 0 Å². The summed E-state index contributed by atoms with van der Waals surface area (Å²) in [5, 5.41) is 0.176. The Kier molecular flexibility index (Phi) is 8.77. The average molecular weight is 467 g/mol. The van der Waals surface area contributed by atoms with Crippen molar-refractivity contribution in [1.29, 1.82) is 0 Å². The number of hydrogen-bond donors (Lipinski definition) is 0. The second-order valence-electron chi connectivity index (χ2n) is 10.3. The van der Waals surface area contributed by atoms with E-state index in [0.29, 0.717) is 12.7 Å². The van der Waals surface area contributed by atoms with Crippen molar-refractivity contribution >= 4 is 23.2 Å². The maximum atomic E-state index is 13.6. The monoisotopic (exact) mass is 466 g/mol. The molecule has 0 amide bonds. The van der Waals surface area contributed by atoms with Crippen molar-refractivity contribution in [3.8, 4) is 0 Å². The Bertz CT molecular complexity index is 712. The standard InChI is InChI=1S/C27H37Cl2FO/c28-16-15-19-1-4-21(5-2-19)22-6-8-23(9-7-22)24-10-12-25(13-11-24)31-18-20-3-14-26(29)27(30)17-20/h3,14-17,19,21-25H,1-2,4-13,18H2. The number of halogens is 3.